The van der Waals surface area contributed by atoms with Gasteiger partial charge in [-0.3, -0.25) is 23.7 Å². The van der Waals surface area contributed by atoms with Crippen molar-refractivity contribution >= 4 is 13.7 Å². The lowest BCUT2D eigenvalue weighted by Crippen LogP contribution is -2.37. The van der Waals surface area contributed by atoms with Gasteiger partial charge in [-0.15, -0.1) is 0 Å². The topological polar surface area (TPSA) is 158 Å². The summed E-state index contributed by atoms with van der Waals surface area (Å²) in [4.78, 5) is 39.0. The molecule has 5 atom stereocenters. The molecule has 2 aliphatic rings. The van der Waals surface area contributed by atoms with Crippen LogP contribution in [0.15, 0.2) is 76.4 Å². The van der Waals surface area contributed by atoms with Gasteiger partial charge in [-0.2, -0.15) is 5.09 Å². The van der Waals surface area contributed by atoms with Crippen LogP contribution in [-0.4, -0.2) is 45.5 Å². The number of hydrogen-bond donors (Lipinski definition) is 3. The molecule has 12 nitrogen and oxygen atoms in total. The van der Waals surface area contributed by atoms with Crippen molar-refractivity contribution in [3.05, 3.63) is 98.8 Å². The van der Waals surface area contributed by atoms with E-state index in [-0.39, 0.29) is 24.9 Å². The average Bonchev–Trinajstić information content (AvgIpc) is 3.74. The summed E-state index contributed by atoms with van der Waals surface area (Å²) in [6.45, 7) is 5.22. The minimum Gasteiger partial charge on any atom is -0.460 e. The van der Waals surface area contributed by atoms with Gasteiger partial charge in [0.2, 0.25) is 0 Å². The number of nitrogens with zero attached hydrogens (tertiary/aromatic N) is 1. The van der Waals surface area contributed by atoms with Crippen molar-refractivity contribution in [1.29, 1.82) is 0 Å². The second kappa shape index (κ2) is 12.6. The number of ether oxygens (including phenoxy) is 2. The third kappa shape index (κ3) is 7.00. The van der Waals surface area contributed by atoms with E-state index in [2.05, 4.69) is 10.1 Å². The molecule has 5 rings (SSSR count). The van der Waals surface area contributed by atoms with E-state index >= 15 is 0 Å². The Morgan fingerprint density at radius 2 is 1.81 bits per heavy atom. The molecule has 1 saturated carbocycles. The van der Waals surface area contributed by atoms with Gasteiger partial charge < -0.3 is 19.1 Å². The molecule has 1 unspecified atom stereocenters. The number of hydrogen-bond acceptors (Lipinski definition) is 9. The van der Waals surface area contributed by atoms with Crippen LogP contribution in [0.2, 0.25) is 0 Å². The van der Waals surface area contributed by atoms with E-state index in [4.69, 9.17) is 18.5 Å². The summed E-state index contributed by atoms with van der Waals surface area (Å²) in [6.07, 6.45) is -0.401. The van der Waals surface area contributed by atoms with Gasteiger partial charge in [-0.25, -0.2) is 9.36 Å². The molecular formula is C30H36N3O9P. The van der Waals surface area contributed by atoms with E-state index in [0.717, 1.165) is 11.1 Å². The van der Waals surface area contributed by atoms with Crippen LogP contribution in [0.4, 0.5) is 0 Å². The van der Waals surface area contributed by atoms with E-state index in [0.29, 0.717) is 12.8 Å². The summed E-state index contributed by atoms with van der Waals surface area (Å²) in [7, 11) is -4.25. The number of H-pyrrole nitrogens is 1. The smallest absolute Gasteiger partial charge is 0.459 e. The van der Waals surface area contributed by atoms with Crippen LogP contribution in [-0.2, 0) is 30.0 Å². The maximum absolute atomic E-state index is 14.1. The number of aromatic amines is 1. The fourth-order valence-electron chi connectivity index (χ4n) is 5.12. The van der Waals surface area contributed by atoms with Crippen LogP contribution >= 0.6 is 7.75 Å². The van der Waals surface area contributed by atoms with Gasteiger partial charge in [0.15, 0.2) is 0 Å². The molecule has 1 saturated heterocycles. The zero-order chi connectivity index (χ0) is 30.8. The molecule has 1 aromatic heterocycles. The molecule has 0 radical (unpaired) electrons. The number of aliphatic hydroxyl groups is 1. The summed E-state index contributed by atoms with van der Waals surface area (Å²) in [6, 6.07) is 16.3. The molecule has 2 heterocycles. The third-order valence-electron chi connectivity index (χ3n) is 7.78. The Hall–Kier alpha value is -3.54. The molecule has 2 aromatic carbocycles. The third-order valence-corrected chi connectivity index (χ3v) is 9.42. The molecule has 1 aliphatic carbocycles. The highest BCUT2D eigenvalue weighted by molar-refractivity contribution is 7.52. The number of esters is 1. The molecule has 1 aliphatic heterocycles. The van der Waals surface area contributed by atoms with Gasteiger partial charge in [0.25, 0.3) is 5.56 Å². The average molecular weight is 614 g/mol. The van der Waals surface area contributed by atoms with E-state index in [1.54, 1.807) is 12.1 Å². The second-order valence-electron chi connectivity index (χ2n) is 11.3. The fraction of sp³-hybridized carbons (Fsp3) is 0.433. The lowest BCUT2D eigenvalue weighted by Gasteiger charge is -2.25. The SMILES string of the molecule is CC(C)c1ccc(OP(=O)(N[C@H](C)C(=O)OCc2ccccc2)OC[C@H]2O[C@@H](n3ccc(=O)[nH]c3=O)C3(CC3)[C@@H]2O)cc1. The van der Waals surface area contributed by atoms with Crippen molar-refractivity contribution in [2.24, 2.45) is 5.41 Å². The van der Waals surface area contributed by atoms with Crippen molar-refractivity contribution in [1.82, 2.24) is 14.6 Å². The molecule has 3 N–H and O–H groups in total. The van der Waals surface area contributed by atoms with Crippen molar-refractivity contribution in [2.45, 2.75) is 70.6 Å². The lowest BCUT2D eigenvalue weighted by atomic mass is 9.96. The van der Waals surface area contributed by atoms with Gasteiger partial charge >= 0.3 is 19.4 Å². The summed E-state index contributed by atoms with van der Waals surface area (Å²) >= 11 is 0. The van der Waals surface area contributed by atoms with Crippen LogP contribution < -0.4 is 20.9 Å². The number of benzene rings is 2. The van der Waals surface area contributed by atoms with Crippen LogP contribution in [0, 0.1) is 5.41 Å². The van der Waals surface area contributed by atoms with E-state index in [1.807, 2.05) is 56.3 Å². The molecule has 1 spiro atoms. The molecule has 2 fully saturated rings. The van der Waals surface area contributed by atoms with Crippen LogP contribution in [0.25, 0.3) is 0 Å². The number of carbonyl (C=O) groups excluding carboxylic acids is 1. The highest BCUT2D eigenvalue weighted by atomic mass is 31.2. The maximum atomic E-state index is 14.1. The number of nitrogens with one attached hydrogen (secondary N) is 2. The summed E-state index contributed by atoms with van der Waals surface area (Å²) in [5.41, 5.74) is -0.126. The van der Waals surface area contributed by atoms with Gasteiger partial charge in [0.1, 0.15) is 30.7 Å². The molecule has 0 bridgehead atoms. The largest absolute Gasteiger partial charge is 0.460 e. The standard InChI is InChI=1S/C30H36N3O9P/c1-19(2)22-9-11-23(12-10-22)42-43(38,32-20(3)27(36)39-17-21-7-5-4-6-8-21)40-18-24-26(35)30(14-15-30)28(41-24)33-16-13-25(34)31-29(33)37/h4-13,16,19-20,24,26,28,35H,14-15,17-18H2,1-3H3,(H,32,38)(H,31,34,37)/t20-,24-,26-,28-,43?/m1/s1. The lowest BCUT2D eigenvalue weighted by molar-refractivity contribution is -0.146. The van der Waals surface area contributed by atoms with Crippen molar-refractivity contribution < 1.29 is 33.0 Å². The van der Waals surface area contributed by atoms with E-state index in [1.165, 1.54) is 23.8 Å². The summed E-state index contributed by atoms with van der Waals surface area (Å²) in [5, 5.41) is 13.8. The molecule has 230 valence electrons. The van der Waals surface area contributed by atoms with Gasteiger partial charge in [-0.05, 0) is 48.9 Å². The van der Waals surface area contributed by atoms with Crippen molar-refractivity contribution in [3.8, 4) is 5.75 Å². The number of aliphatic hydroxyl groups excluding tert-OH is 1. The Labute approximate surface area is 248 Å². The minimum absolute atomic E-state index is 0.0318. The Kier molecular flexibility index (Phi) is 9.05. The maximum Gasteiger partial charge on any atom is 0.459 e. The summed E-state index contributed by atoms with van der Waals surface area (Å²) < 4.78 is 38.3. The minimum atomic E-state index is -4.25. The normalized spacial score (nSPS) is 22.7. The number of carbonyl (C=O) groups is 1. The zero-order valence-corrected chi connectivity index (χ0v) is 25.1. The van der Waals surface area contributed by atoms with Gasteiger partial charge in [0, 0.05) is 17.7 Å². The van der Waals surface area contributed by atoms with Crippen LogP contribution in [0.3, 0.4) is 0 Å². The monoisotopic (exact) mass is 613 g/mol. The van der Waals surface area contributed by atoms with E-state index in [9.17, 15) is 24.1 Å². The zero-order valence-electron chi connectivity index (χ0n) is 24.2. The predicted octanol–water partition coefficient (Wildman–Crippen LogP) is 3.62. The highest BCUT2D eigenvalue weighted by Crippen LogP contribution is 2.62. The predicted molar refractivity (Wildman–Crippen MR) is 156 cm³/mol. The van der Waals surface area contributed by atoms with Crippen LogP contribution in [0.5, 0.6) is 5.75 Å². The highest BCUT2D eigenvalue weighted by Gasteiger charge is 2.64. The Bertz CT molecular complexity index is 1580. The molecular weight excluding hydrogens is 577 g/mol. The first-order valence-electron chi connectivity index (χ1n) is 14.2. The first kappa shape index (κ1) is 30.9. The molecule has 43 heavy (non-hydrogen) atoms. The summed E-state index contributed by atoms with van der Waals surface area (Å²) in [5.74, 6) is -0.152. The fourth-order valence-corrected chi connectivity index (χ4v) is 6.62. The van der Waals surface area contributed by atoms with Gasteiger partial charge in [-0.1, -0.05) is 56.3 Å². The molecule has 13 heteroatoms. The first-order valence-corrected chi connectivity index (χ1v) is 15.7. The first-order chi connectivity index (χ1) is 20.5. The van der Waals surface area contributed by atoms with Crippen molar-refractivity contribution in [3.63, 3.8) is 0 Å². The second-order valence-corrected chi connectivity index (χ2v) is 13.0. The number of aromatic nitrogens is 2. The molecule has 3 aromatic rings. The van der Waals surface area contributed by atoms with Crippen molar-refractivity contribution in [2.75, 3.05) is 6.61 Å². The van der Waals surface area contributed by atoms with E-state index < -0.39 is 54.9 Å². The Morgan fingerprint density at radius 3 is 2.44 bits per heavy atom. The molecule has 0 amide bonds. The van der Waals surface area contributed by atoms with Gasteiger partial charge in [0.05, 0.1) is 12.7 Å². The Balaban J connectivity index is 1.31. The quantitative estimate of drug-likeness (QED) is 0.204. The Morgan fingerprint density at radius 1 is 1.12 bits per heavy atom. The van der Waals surface area contributed by atoms with Crippen LogP contribution in [0.1, 0.15) is 56.9 Å². The number of rotatable bonds is 12.